The van der Waals surface area contributed by atoms with Crippen LogP contribution in [0.2, 0.25) is 5.02 Å². The first kappa shape index (κ1) is 21.7. The summed E-state index contributed by atoms with van der Waals surface area (Å²) in [6.45, 7) is 1.87. The van der Waals surface area contributed by atoms with E-state index in [0.29, 0.717) is 22.0 Å². The van der Waals surface area contributed by atoms with E-state index >= 15 is 0 Å². The molecule has 8 heteroatoms. The first-order valence-electron chi connectivity index (χ1n) is 8.62. The Balaban J connectivity index is 1.83. The fraction of sp³-hybridized carbons (Fsp3) is 0.300. The topological polar surface area (TPSA) is 70.7 Å². The predicted octanol–water partition coefficient (Wildman–Crippen LogP) is 2.98. The average molecular weight is 408 g/mol. The number of hydrogen-bond donors (Lipinski definition) is 2. The van der Waals surface area contributed by atoms with Crippen molar-refractivity contribution in [1.82, 2.24) is 10.2 Å². The molecule has 0 saturated heterocycles. The Morgan fingerprint density at radius 3 is 2.64 bits per heavy atom. The molecule has 2 amide bonds. The number of carbonyl (C=O) groups excluding carboxylic acids is 2. The van der Waals surface area contributed by atoms with Crippen LogP contribution in [-0.4, -0.2) is 44.0 Å². The minimum absolute atomic E-state index is 0.00822. The summed E-state index contributed by atoms with van der Waals surface area (Å²) in [4.78, 5) is 25.8. The number of aryl methyl sites for hydroxylation is 1. The Morgan fingerprint density at radius 1 is 1.21 bits per heavy atom. The molecule has 6 nitrogen and oxygen atoms in total. The van der Waals surface area contributed by atoms with Gasteiger partial charge in [-0.15, -0.1) is 0 Å². The van der Waals surface area contributed by atoms with E-state index in [0.717, 1.165) is 5.56 Å². The summed E-state index contributed by atoms with van der Waals surface area (Å²) in [5.74, 6) is -0.628. The lowest BCUT2D eigenvalue weighted by atomic mass is 10.2. The van der Waals surface area contributed by atoms with E-state index in [4.69, 9.17) is 16.3 Å². The van der Waals surface area contributed by atoms with Crippen LogP contribution in [0.15, 0.2) is 36.4 Å². The lowest BCUT2D eigenvalue weighted by Gasteiger charge is -2.17. The summed E-state index contributed by atoms with van der Waals surface area (Å²) in [7, 11) is 3.18. The van der Waals surface area contributed by atoms with Gasteiger partial charge in [-0.2, -0.15) is 0 Å². The van der Waals surface area contributed by atoms with Crippen molar-refractivity contribution in [3.8, 4) is 5.75 Å². The molecule has 0 saturated carbocycles. The molecule has 2 N–H and O–H groups in total. The van der Waals surface area contributed by atoms with Crippen molar-refractivity contribution in [1.29, 1.82) is 0 Å². The number of carbonyl (C=O) groups is 2. The second-order valence-electron chi connectivity index (χ2n) is 6.40. The van der Waals surface area contributed by atoms with Crippen molar-refractivity contribution in [3.63, 3.8) is 0 Å². The molecule has 2 rings (SSSR count). The van der Waals surface area contributed by atoms with Gasteiger partial charge in [-0.1, -0.05) is 23.7 Å². The number of hydrogen-bond acceptors (Lipinski definition) is 4. The van der Waals surface area contributed by atoms with Gasteiger partial charge in [0, 0.05) is 17.1 Å². The molecule has 0 aliphatic carbocycles. The van der Waals surface area contributed by atoms with E-state index in [2.05, 4.69) is 10.6 Å². The number of rotatable bonds is 8. The number of likely N-dealkylation sites (N-methyl/N-ethyl adjacent to an activating group) is 1. The molecule has 0 spiro atoms. The summed E-state index contributed by atoms with van der Waals surface area (Å²) in [5.41, 5.74) is 1.82. The first-order chi connectivity index (χ1) is 13.3. The molecule has 0 bridgehead atoms. The fourth-order valence-corrected chi connectivity index (χ4v) is 2.83. The summed E-state index contributed by atoms with van der Waals surface area (Å²) in [6.07, 6.45) is 0. The van der Waals surface area contributed by atoms with E-state index < -0.39 is 5.82 Å². The smallest absolute Gasteiger partial charge is 0.243 e. The van der Waals surface area contributed by atoms with Gasteiger partial charge in [0.25, 0.3) is 0 Å². The first-order valence-corrected chi connectivity index (χ1v) is 9.00. The number of methoxy groups -OCH3 is 1. The van der Waals surface area contributed by atoms with E-state index in [1.165, 1.54) is 19.2 Å². The van der Waals surface area contributed by atoms with Gasteiger partial charge in [-0.25, -0.2) is 4.39 Å². The molecule has 0 atom stereocenters. The van der Waals surface area contributed by atoms with Crippen LogP contribution in [-0.2, 0) is 16.1 Å². The largest absolute Gasteiger partial charge is 0.495 e. The van der Waals surface area contributed by atoms with Crippen molar-refractivity contribution in [2.24, 2.45) is 0 Å². The van der Waals surface area contributed by atoms with E-state index in [1.807, 2.05) is 13.0 Å². The zero-order valence-electron chi connectivity index (χ0n) is 16.0. The van der Waals surface area contributed by atoms with Crippen LogP contribution < -0.4 is 15.4 Å². The molecule has 2 aromatic carbocycles. The lowest BCUT2D eigenvalue weighted by molar-refractivity contribution is -0.124. The fourth-order valence-electron chi connectivity index (χ4n) is 2.60. The Kier molecular flexibility index (Phi) is 7.78. The van der Waals surface area contributed by atoms with Crippen molar-refractivity contribution >= 4 is 29.1 Å². The summed E-state index contributed by atoms with van der Waals surface area (Å²) < 4.78 is 19.0. The Labute approximate surface area is 168 Å². The molecule has 0 radical (unpaired) electrons. The van der Waals surface area contributed by atoms with E-state index in [9.17, 15) is 14.0 Å². The number of benzene rings is 2. The number of ether oxygens (including phenoxy) is 1. The van der Waals surface area contributed by atoms with Crippen LogP contribution in [0.1, 0.15) is 11.1 Å². The molecule has 150 valence electrons. The molecular formula is C20H23ClFN3O3. The predicted molar refractivity (Wildman–Crippen MR) is 107 cm³/mol. The highest BCUT2D eigenvalue weighted by Crippen LogP contribution is 2.25. The molecule has 0 heterocycles. The lowest BCUT2D eigenvalue weighted by Crippen LogP contribution is -2.39. The third-order valence-electron chi connectivity index (χ3n) is 3.98. The van der Waals surface area contributed by atoms with Gasteiger partial charge in [-0.05, 0) is 43.8 Å². The maximum absolute atomic E-state index is 13.8. The molecule has 0 fully saturated rings. The maximum atomic E-state index is 13.8. The average Bonchev–Trinajstić information content (AvgIpc) is 2.63. The van der Waals surface area contributed by atoms with E-state index in [-0.39, 0.29) is 31.4 Å². The number of anilines is 1. The zero-order valence-corrected chi connectivity index (χ0v) is 16.8. The van der Waals surface area contributed by atoms with Crippen molar-refractivity contribution in [2.75, 3.05) is 32.6 Å². The molecule has 0 unspecified atom stereocenters. The normalized spacial score (nSPS) is 10.6. The highest BCUT2D eigenvalue weighted by atomic mass is 35.5. The third kappa shape index (κ3) is 6.21. The van der Waals surface area contributed by atoms with Gasteiger partial charge < -0.3 is 15.4 Å². The van der Waals surface area contributed by atoms with Gasteiger partial charge >= 0.3 is 0 Å². The van der Waals surface area contributed by atoms with Crippen LogP contribution in [0.4, 0.5) is 10.1 Å². The van der Waals surface area contributed by atoms with Gasteiger partial charge in [0.2, 0.25) is 11.8 Å². The molecule has 0 aromatic heterocycles. The summed E-state index contributed by atoms with van der Waals surface area (Å²) in [5, 5.41) is 5.55. The molecule has 0 aliphatic rings. The summed E-state index contributed by atoms with van der Waals surface area (Å²) >= 11 is 6.00. The van der Waals surface area contributed by atoms with Crippen molar-refractivity contribution in [2.45, 2.75) is 13.5 Å². The quantitative estimate of drug-likeness (QED) is 0.705. The van der Waals surface area contributed by atoms with Crippen LogP contribution in [0.25, 0.3) is 0 Å². The highest BCUT2D eigenvalue weighted by molar-refractivity contribution is 6.31. The Bertz CT molecular complexity index is 840. The minimum atomic E-state index is -0.425. The monoisotopic (exact) mass is 407 g/mol. The highest BCUT2D eigenvalue weighted by Gasteiger charge is 2.14. The van der Waals surface area contributed by atoms with Crippen LogP contribution in [0, 0.1) is 12.7 Å². The standard InChI is InChI=1S/C20H23ClFN3O3/c1-13-7-8-18(28-3)17(9-13)24-19(26)10-23-20(27)12-25(2)11-14-15(21)5-4-6-16(14)22/h4-9H,10-12H2,1-3H3,(H,23,27)(H,24,26). The molecule has 28 heavy (non-hydrogen) atoms. The van der Waals surface area contributed by atoms with Gasteiger partial charge in [0.1, 0.15) is 11.6 Å². The van der Waals surface area contributed by atoms with Crippen LogP contribution >= 0.6 is 11.6 Å². The van der Waals surface area contributed by atoms with Gasteiger partial charge in [-0.3, -0.25) is 14.5 Å². The SMILES string of the molecule is COc1ccc(C)cc1NC(=O)CNC(=O)CN(C)Cc1c(F)cccc1Cl. The number of nitrogens with zero attached hydrogens (tertiary/aromatic N) is 1. The molecule has 2 aromatic rings. The Morgan fingerprint density at radius 2 is 1.96 bits per heavy atom. The van der Waals surface area contributed by atoms with Gasteiger partial charge in [0.15, 0.2) is 0 Å². The van der Waals surface area contributed by atoms with Gasteiger partial charge in [0.05, 0.1) is 25.9 Å². The zero-order chi connectivity index (χ0) is 20.7. The van der Waals surface area contributed by atoms with Crippen LogP contribution in [0.3, 0.4) is 0 Å². The minimum Gasteiger partial charge on any atom is -0.495 e. The van der Waals surface area contributed by atoms with E-state index in [1.54, 1.807) is 30.1 Å². The molecule has 0 aliphatic heterocycles. The third-order valence-corrected chi connectivity index (χ3v) is 4.33. The Hall–Kier alpha value is -2.64. The van der Waals surface area contributed by atoms with Crippen LogP contribution in [0.5, 0.6) is 5.75 Å². The second-order valence-corrected chi connectivity index (χ2v) is 6.81. The second kappa shape index (κ2) is 10.1. The number of nitrogens with one attached hydrogen (secondary N) is 2. The van der Waals surface area contributed by atoms with Crippen molar-refractivity contribution < 1.29 is 18.7 Å². The summed E-state index contributed by atoms with van der Waals surface area (Å²) in [6, 6.07) is 9.84. The molecular weight excluding hydrogens is 385 g/mol. The number of amides is 2. The van der Waals surface area contributed by atoms with Crippen molar-refractivity contribution in [3.05, 3.63) is 58.4 Å². The maximum Gasteiger partial charge on any atom is 0.243 e. The number of halogens is 2.